The lowest BCUT2D eigenvalue weighted by Crippen LogP contribution is -2.35. The lowest BCUT2D eigenvalue weighted by atomic mass is 9.76. The second kappa shape index (κ2) is 4.82. The van der Waals surface area contributed by atoms with Gasteiger partial charge in [-0.3, -0.25) is 4.79 Å². The first-order valence-electron chi connectivity index (χ1n) is 5.84. The SMILES string of the molecule is C=C(CC)C1CCC(C)(OC(C)=O)CC1. The molecule has 0 unspecified atom stereocenters. The van der Waals surface area contributed by atoms with Gasteiger partial charge in [-0.15, -0.1) is 0 Å². The van der Waals surface area contributed by atoms with Crippen molar-refractivity contribution in [3.05, 3.63) is 12.2 Å². The fraction of sp³-hybridized carbons (Fsp3) is 0.769. The van der Waals surface area contributed by atoms with E-state index in [1.807, 2.05) is 6.92 Å². The highest BCUT2D eigenvalue weighted by atomic mass is 16.6. The zero-order valence-corrected chi connectivity index (χ0v) is 10.1. The summed E-state index contributed by atoms with van der Waals surface area (Å²) in [4.78, 5) is 10.9. The van der Waals surface area contributed by atoms with Crippen LogP contribution in [-0.4, -0.2) is 11.6 Å². The molecule has 0 atom stereocenters. The van der Waals surface area contributed by atoms with Crippen LogP contribution in [0.2, 0.25) is 0 Å². The van der Waals surface area contributed by atoms with Crippen LogP contribution in [0.4, 0.5) is 0 Å². The van der Waals surface area contributed by atoms with Crippen LogP contribution >= 0.6 is 0 Å². The van der Waals surface area contributed by atoms with Crippen molar-refractivity contribution in [2.75, 3.05) is 0 Å². The number of carbonyl (C=O) groups is 1. The summed E-state index contributed by atoms with van der Waals surface area (Å²) in [7, 11) is 0. The quantitative estimate of drug-likeness (QED) is 0.526. The van der Waals surface area contributed by atoms with Gasteiger partial charge >= 0.3 is 5.97 Å². The first-order valence-corrected chi connectivity index (χ1v) is 5.84. The molecule has 0 bridgehead atoms. The predicted octanol–water partition coefficient (Wildman–Crippen LogP) is 3.46. The number of carbonyl (C=O) groups excluding carboxylic acids is 1. The van der Waals surface area contributed by atoms with E-state index in [1.165, 1.54) is 12.5 Å². The first-order chi connectivity index (χ1) is 6.97. The third kappa shape index (κ3) is 3.37. The normalized spacial score (nSPS) is 31.0. The third-order valence-electron chi connectivity index (χ3n) is 3.46. The molecule has 1 fully saturated rings. The highest BCUT2D eigenvalue weighted by Gasteiger charge is 2.34. The van der Waals surface area contributed by atoms with Crippen LogP contribution in [0, 0.1) is 5.92 Å². The molecular weight excluding hydrogens is 188 g/mol. The minimum Gasteiger partial charge on any atom is -0.460 e. The Morgan fingerprint density at radius 2 is 2.00 bits per heavy atom. The van der Waals surface area contributed by atoms with E-state index in [9.17, 15) is 4.79 Å². The van der Waals surface area contributed by atoms with Gasteiger partial charge in [0, 0.05) is 6.92 Å². The van der Waals surface area contributed by atoms with Crippen LogP contribution < -0.4 is 0 Å². The van der Waals surface area contributed by atoms with Crippen molar-refractivity contribution in [1.82, 2.24) is 0 Å². The Morgan fingerprint density at radius 1 is 1.47 bits per heavy atom. The molecule has 0 aliphatic heterocycles. The van der Waals surface area contributed by atoms with E-state index in [2.05, 4.69) is 13.5 Å². The number of allylic oxidation sites excluding steroid dienone is 1. The topological polar surface area (TPSA) is 26.3 Å². The summed E-state index contributed by atoms with van der Waals surface area (Å²) in [6.45, 7) is 9.78. The van der Waals surface area contributed by atoms with Gasteiger partial charge in [-0.05, 0) is 44.9 Å². The standard InChI is InChI=1S/C13H22O2/c1-5-10(2)12-6-8-13(4,9-7-12)15-11(3)14/h12H,2,5-9H2,1,3-4H3. The maximum Gasteiger partial charge on any atom is 0.303 e. The number of hydrogen-bond donors (Lipinski definition) is 0. The zero-order valence-electron chi connectivity index (χ0n) is 10.1. The Labute approximate surface area is 92.7 Å². The van der Waals surface area contributed by atoms with Crippen molar-refractivity contribution in [2.45, 2.75) is 58.5 Å². The Bertz CT molecular complexity index is 247. The van der Waals surface area contributed by atoms with Crippen LogP contribution in [0.15, 0.2) is 12.2 Å². The minimum absolute atomic E-state index is 0.162. The van der Waals surface area contributed by atoms with Gasteiger partial charge < -0.3 is 4.74 Å². The summed E-state index contributed by atoms with van der Waals surface area (Å²) in [6.07, 6.45) is 5.22. The molecule has 0 heterocycles. The number of ether oxygens (including phenoxy) is 1. The summed E-state index contributed by atoms with van der Waals surface area (Å²) < 4.78 is 5.37. The molecule has 0 spiro atoms. The van der Waals surface area contributed by atoms with Crippen molar-refractivity contribution in [3.63, 3.8) is 0 Å². The lowest BCUT2D eigenvalue weighted by molar-refractivity contribution is -0.158. The fourth-order valence-electron chi connectivity index (χ4n) is 2.37. The summed E-state index contributed by atoms with van der Waals surface area (Å²) >= 11 is 0. The van der Waals surface area contributed by atoms with Crippen LogP contribution in [0.25, 0.3) is 0 Å². The Kier molecular flexibility index (Phi) is 3.95. The maximum absolute atomic E-state index is 10.9. The molecule has 1 aliphatic carbocycles. The van der Waals surface area contributed by atoms with Crippen LogP contribution in [0.3, 0.4) is 0 Å². The van der Waals surface area contributed by atoms with Crippen LogP contribution in [0.5, 0.6) is 0 Å². The molecule has 86 valence electrons. The van der Waals surface area contributed by atoms with Gasteiger partial charge in [-0.25, -0.2) is 0 Å². The molecule has 1 aliphatic rings. The van der Waals surface area contributed by atoms with Crippen molar-refractivity contribution in [3.8, 4) is 0 Å². The van der Waals surface area contributed by atoms with E-state index in [4.69, 9.17) is 4.74 Å². The van der Waals surface area contributed by atoms with Gasteiger partial charge in [0.05, 0.1) is 0 Å². The Hall–Kier alpha value is -0.790. The van der Waals surface area contributed by atoms with Crippen molar-refractivity contribution >= 4 is 5.97 Å². The van der Waals surface area contributed by atoms with Crippen LogP contribution in [-0.2, 0) is 9.53 Å². The highest BCUT2D eigenvalue weighted by Crippen LogP contribution is 2.38. The van der Waals surface area contributed by atoms with E-state index in [0.717, 1.165) is 32.1 Å². The van der Waals surface area contributed by atoms with Gasteiger partial charge in [0.15, 0.2) is 0 Å². The summed E-state index contributed by atoms with van der Waals surface area (Å²) in [5.41, 5.74) is 1.12. The van der Waals surface area contributed by atoms with E-state index in [0.29, 0.717) is 5.92 Å². The Balaban J connectivity index is 2.47. The molecule has 0 aromatic rings. The largest absolute Gasteiger partial charge is 0.460 e. The van der Waals surface area contributed by atoms with E-state index >= 15 is 0 Å². The third-order valence-corrected chi connectivity index (χ3v) is 3.46. The number of rotatable bonds is 3. The molecule has 15 heavy (non-hydrogen) atoms. The van der Waals surface area contributed by atoms with Gasteiger partial charge in [-0.2, -0.15) is 0 Å². The van der Waals surface area contributed by atoms with E-state index < -0.39 is 0 Å². The number of esters is 1. The molecule has 2 nitrogen and oxygen atoms in total. The van der Waals surface area contributed by atoms with Gasteiger partial charge in [0.25, 0.3) is 0 Å². The molecule has 0 N–H and O–H groups in total. The molecule has 2 heteroatoms. The zero-order chi connectivity index (χ0) is 11.5. The van der Waals surface area contributed by atoms with Crippen molar-refractivity contribution in [1.29, 1.82) is 0 Å². The van der Waals surface area contributed by atoms with E-state index in [1.54, 1.807) is 0 Å². The Morgan fingerprint density at radius 3 is 2.40 bits per heavy atom. The fourth-order valence-corrected chi connectivity index (χ4v) is 2.37. The molecule has 1 rings (SSSR count). The molecule has 0 amide bonds. The predicted molar refractivity (Wildman–Crippen MR) is 61.6 cm³/mol. The van der Waals surface area contributed by atoms with Crippen molar-refractivity contribution in [2.24, 2.45) is 5.92 Å². The van der Waals surface area contributed by atoms with Gasteiger partial charge in [0.1, 0.15) is 5.60 Å². The molecule has 0 aromatic heterocycles. The number of hydrogen-bond acceptors (Lipinski definition) is 2. The first kappa shape index (κ1) is 12.3. The molecule has 0 aromatic carbocycles. The van der Waals surface area contributed by atoms with Gasteiger partial charge in [0.2, 0.25) is 0 Å². The van der Waals surface area contributed by atoms with Crippen molar-refractivity contribution < 1.29 is 9.53 Å². The van der Waals surface area contributed by atoms with Crippen LogP contribution in [0.1, 0.15) is 52.9 Å². The maximum atomic E-state index is 10.9. The van der Waals surface area contributed by atoms with E-state index in [-0.39, 0.29) is 11.6 Å². The average molecular weight is 210 g/mol. The molecule has 0 saturated heterocycles. The average Bonchev–Trinajstić information content (AvgIpc) is 2.16. The molecular formula is C13H22O2. The monoisotopic (exact) mass is 210 g/mol. The summed E-state index contributed by atoms with van der Waals surface area (Å²) in [5.74, 6) is 0.476. The highest BCUT2D eigenvalue weighted by molar-refractivity contribution is 5.66. The second-order valence-corrected chi connectivity index (χ2v) is 4.83. The lowest BCUT2D eigenvalue weighted by Gasteiger charge is -2.37. The summed E-state index contributed by atoms with van der Waals surface area (Å²) in [6, 6.07) is 0. The molecule has 1 saturated carbocycles. The minimum atomic E-state index is -0.226. The molecule has 0 radical (unpaired) electrons. The van der Waals surface area contributed by atoms with Gasteiger partial charge in [-0.1, -0.05) is 19.1 Å². The second-order valence-electron chi connectivity index (χ2n) is 4.83. The summed E-state index contributed by atoms with van der Waals surface area (Å²) in [5, 5.41) is 0. The smallest absolute Gasteiger partial charge is 0.303 e.